The van der Waals surface area contributed by atoms with Gasteiger partial charge in [0.2, 0.25) is 0 Å². The minimum Gasteiger partial charge on any atom is -0.350 e. The zero-order valence-electron chi connectivity index (χ0n) is 9.30. The Hall–Kier alpha value is -1.49. The van der Waals surface area contributed by atoms with Gasteiger partial charge in [0.1, 0.15) is 11.6 Å². The van der Waals surface area contributed by atoms with Gasteiger partial charge >= 0.3 is 0 Å². The van der Waals surface area contributed by atoms with Crippen LogP contribution in [0.1, 0.15) is 29.6 Å². The fraction of sp³-hybridized carbons (Fsp3) is 0.417. The van der Waals surface area contributed by atoms with Crippen molar-refractivity contribution in [2.45, 2.75) is 24.8 Å². The van der Waals surface area contributed by atoms with Crippen molar-refractivity contribution in [3.63, 3.8) is 0 Å². The molecule has 2 rings (SSSR count). The van der Waals surface area contributed by atoms with Gasteiger partial charge in [0, 0.05) is 12.1 Å². The number of halogens is 2. The quantitative estimate of drug-likeness (QED) is 0.842. The van der Waals surface area contributed by atoms with Gasteiger partial charge in [0.05, 0.1) is 5.56 Å². The molecule has 1 aliphatic rings. The summed E-state index contributed by atoms with van der Waals surface area (Å²) in [4.78, 5) is 11.6. The molecular weight excluding hydrogens is 226 g/mol. The lowest BCUT2D eigenvalue weighted by molar-refractivity contribution is 0.0925. The van der Waals surface area contributed by atoms with E-state index in [0.717, 1.165) is 37.5 Å². The lowest BCUT2D eigenvalue weighted by Crippen LogP contribution is -2.55. The number of nitrogens with two attached hydrogens (primary N) is 1. The molecule has 17 heavy (non-hydrogen) atoms. The number of rotatable bonds is 3. The summed E-state index contributed by atoms with van der Waals surface area (Å²) in [5.41, 5.74) is 5.25. The van der Waals surface area contributed by atoms with Crippen molar-refractivity contribution in [2.24, 2.45) is 5.73 Å². The zero-order valence-corrected chi connectivity index (χ0v) is 9.30. The summed E-state index contributed by atoms with van der Waals surface area (Å²) in [6.07, 6.45) is 2.73. The number of carbonyl (C=O) groups is 1. The van der Waals surface area contributed by atoms with Gasteiger partial charge in [-0.25, -0.2) is 8.78 Å². The van der Waals surface area contributed by atoms with E-state index in [1.54, 1.807) is 0 Å². The number of nitrogens with one attached hydrogen (secondary N) is 1. The molecule has 92 valence electrons. The molecule has 5 heteroatoms. The van der Waals surface area contributed by atoms with Crippen LogP contribution in [0.15, 0.2) is 18.2 Å². The number of benzene rings is 1. The summed E-state index contributed by atoms with van der Waals surface area (Å²) >= 11 is 0. The molecule has 3 N–H and O–H groups in total. The van der Waals surface area contributed by atoms with Crippen LogP contribution in [0.5, 0.6) is 0 Å². The Balaban J connectivity index is 2.01. The zero-order chi connectivity index (χ0) is 12.5. The molecule has 0 aliphatic heterocycles. The molecule has 1 saturated carbocycles. The summed E-state index contributed by atoms with van der Waals surface area (Å²) in [6.45, 7) is 0.293. The van der Waals surface area contributed by atoms with E-state index in [9.17, 15) is 13.6 Å². The van der Waals surface area contributed by atoms with Crippen LogP contribution in [0.2, 0.25) is 0 Å². The van der Waals surface area contributed by atoms with Crippen LogP contribution in [-0.2, 0) is 0 Å². The van der Waals surface area contributed by atoms with E-state index in [0.29, 0.717) is 6.54 Å². The van der Waals surface area contributed by atoms with Crippen LogP contribution in [-0.4, -0.2) is 18.0 Å². The lowest BCUT2D eigenvalue weighted by Gasteiger charge is -2.38. The number of carbonyl (C=O) groups excluding carboxylic acids is 1. The molecule has 0 aromatic heterocycles. The first kappa shape index (κ1) is 12.0. The maximum absolute atomic E-state index is 13.3. The van der Waals surface area contributed by atoms with E-state index in [4.69, 9.17) is 5.73 Å². The summed E-state index contributed by atoms with van der Waals surface area (Å²) in [6, 6.07) is 2.79. The van der Waals surface area contributed by atoms with Crippen molar-refractivity contribution in [3.8, 4) is 0 Å². The molecule has 1 aliphatic carbocycles. The largest absolute Gasteiger partial charge is 0.350 e. The molecule has 0 radical (unpaired) electrons. The second kappa shape index (κ2) is 4.41. The predicted molar refractivity (Wildman–Crippen MR) is 59.5 cm³/mol. The fourth-order valence-electron chi connectivity index (χ4n) is 1.83. The SMILES string of the molecule is NC1(CNC(=O)c2cc(F)ccc2F)CCC1. The highest BCUT2D eigenvalue weighted by Crippen LogP contribution is 2.28. The maximum atomic E-state index is 13.3. The second-order valence-corrected chi connectivity index (χ2v) is 4.52. The smallest absolute Gasteiger partial charge is 0.254 e. The summed E-state index contributed by atoms with van der Waals surface area (Å²) in [7, 11) is 0. The molecular formula is C12H14F2N2O. The second-order valence-electron chi connectivity index (χ2n) is 4.52. The highest BCUT2D eigenvalue weighted by atomic mass is 19.1. The monoisotopic (exact) mass is 240 g/mol. The Labute approximate surface area is 98.0 Å². The molecule has 0 heterocycles. The van der Waals surface area contributed by atoms with Gasteiger partial charge in [0.25, 0.3) is 5.91 Å². The van der Waals surface area contributed by atoms with Gasteiger partial charge in [-0.15, -0.1) is 0 Å². The molecule has 1 amide bonds. The third-order valence-corrected chi connectivity index (χ3v) is 3.12. The van der Waals surface area contributed by atoms with E-state index < -0.39 is 17.5 Å². The topological polar surface area (TPSA) is 55.1 Å². The Morgan fingerprint density at radius 1 is 1.41 bits per heavy atom. The van der Waals surface area contributed by atoms with Crippen LogP contribution in [0.4, 0.5) is 8.78 Å². The van der Waals surface area contributed by atoms with Crippen molar-refractivity contribution >= 4 is 5.91 Å². The standard InChI is InChI=1S/C12H14F2N2O/c13-8-2-3-10(14)9(6-8)11(17)16-7-12(15)4-1-5-12/h2-3,6H,1,4-5,7,15H2,(H,16,17). The van der Waals surface area contributed by atoms with Gasteiger partial charge in [-0.2, -0.15) is 0 Å². The summed E-state index contributed by atoms with van der Waals surface area (Å²) in [5.74, 6) is -2.00. The van der Waals surface area contributed by atoms with Crippen molar-refractivity contribution in [1.29, 1.82) is 0 Å². The maximum Gasteiger partial charge on any atom is 0.254 e. The first-order chi connectivity index (χ1) is 8.00. The first-order valence-corrected chi connectivity index (χ1v) is 5.52. The van der Waals surface area contributed by atoms with E-state index in [2.05, 4.69) is 5.32 Å². The average Bonchev–Trinajstić information content (AvgIpc) is 2.26. The minimum atomic E-state index is -0.733. The van der Waals surface area contributed by atoms with Crippen LogP contribution in [0.25, 0.3) is 0 Å². The molecule has 1 aromatic rings. The lowest BCUT2D eigenvalue weighted by atomic mass is 9.78. The predicted octanol–water partition coefficient (Wildman–Crippen LogP) is 1.58. The molecule has 1 aromatic carbocycles. The summed E-state index contributed by atoms with van der Waals surface area (Å²) < 4.78 is 26.2. The van der Waals surface area contributed by atoms with E-state index >= 15 is 0 Å². The van der Waals surface area contributed by atoms with Gasteiger partial charge < -0.3 is 11.1 Å². The van der Waals surface area contributed by atoms with Crippen molar-refractivity contribution in [1.82, 2.24) is 5.32 Å². The van der Waals surface area contributed by atoms with Crippen molar-refractivity contribution in [2.75, 3.05) is 6.54 Å². The number of hydrogen-bond donors (Lipinski definition) is 2. The van der Waals surface area contributed by atoms with E-state index in [1.165, 1.54) is 0 Å². The molecule has 1 fully saturated rings. The number of hydrogen-bond acceptors (Lipinski definition) is 2. The van der Waals surface area contributed by atoms with Gasteiger partial charge in [-0.3, -0.25) is 4.79 Å². The molecule has 0 bridgehead atoms. The van der Waals surface area contributed by atoms with Crippen molar-refractivity contribution < 1.29 is 13.6 Å². The van der Waals surface area contributed by atoms with Crippen molar-refractivity contribution in [3.05, 3.63) is 35.4 Å². The van der Waals surface area contributed by atoms with Gasteiger partial charge in [-0.1, -0.05) is 0 Å². The molecule has 0 unspecified atom stereocenters. The first-order valence-electron chi connectivity index (χ1n) is 5.52. The van der Waals surface area contributed by atoms with Crippen LogP contribution in [0.3, 0.4) is 0 Å². The minimum absolute atomic E-state index is 0.284. The Morgan fingerprint density at radius 2 is 2.12 bits per heavy atom. The molecule has 0 saturated heterocycles. The van der Waals surface area contributed by atoms with Gasteiger partial charge in [0.15, 0.2) is 0 Å². The van der Waals surface area contributed by atoms with E-state index in [-0.39, 0.29) is 11.1 Å². The Bertz CT molecular complexity index is 444. The van der Waals surface area contributed by atoms with E-state index in [1.807, 2.05) is 0 Å². The Morgan fingerprint density at radius 3 is 2.71 bits per heavy atom. The fourth-order valence-corrected chi connectivity index (χ4v) is 1.83. The highest BCUT2D eigenvalue weighted by Gasteiger charge is 2.32. The van der Waals surface area contributed by atoms with Crippen LogP contribution >= 0.6 is 0 Å². The van der Waals surface area contributed by atoms with Crippen LogP contribution < -0.4 is 11.1 Å². The number of amides is 1. The average molecular weight is 240 g/mol. The molecule has 0 atom stereocenters. The molecule has 0 spiro atoms. The summed E-state index contributed by atoms with van der Waals surface area (Å²) in [5, 5.41) is 2.54. The van der Waals surface area contributed by atoms with Crippen LogP contribution in [0, 0.1) is 11.6 Å². The Kier molecular flexibility index (Phi) is 3.11. The highest BCUT2D eigenvalue weighted by molar-refractivity contribution is 5.94. The normalized spacial score (nSPS) is 17.4. The van der Waals surface area contributed by atoms with Gasteiger partial charge in [-0.05, 0) is 37.5 Å². The molecule has 3 nitrogen and oxygen atoms in total. The third kappa shape index (κ3) is 2.61. The third-order valence-electron chi connectivity index (χ3n) is 3.12.